The van der Waals surface area contributed by atoms with E-state index in [2.05, 4.69) is 15.0 Å². The number of aromatic nitrogens is 4. The highest BCUT2D eigenvalue weighted by molar-refractivity contribution is 7.71. The second kappa shape index (κ2) is 4.62. The Kier molecular flexibility index (Phi) is 3.07. The molecule has 1 saturated heterocycles. The van der Waals surface area contributed by atoms with Gasteiger partial charge in [0.2, 0.25) is 0 Å². The SMILES string of the molecule is OC[C@H]1O[C@@H](n2cnc3cnc(=S)[nH]c32)[C@H](O)[C@@H]1O. The molecule has 3 rings (SSSR count). The van der Waals surface area contributed by atoms with Gasteiger partial charge in [-0.3, -0.25) is 4.57 Å². The van der Waals surface area contributed by atoms with Crippen molar-refractivity contribution in [1.82, 2.24) is 19.5 Å². The third-order valence-electron chi connectivity index (χ3n) is 3.14. The molecule has 0 amide bonds. The minimum Gasteiger partial charge on any atom is -0.394 e. The third kappa shape index (κ3) is 1.95. The van der Waals surface area contributed by atoms with E-state index in [1.807, 2.05) is 0 Å². The third-order valence-corrected chi connectivity index (χ3v) is 3.35. The summed E-state index contributed by atoms with van der Waals surface area (Å²) in [5.41, 5.74) is 1.10. The van der Waals surface area contributed by atoms with Crippen LogP contribution in [-0.2, 0) is 4.74 Å². The van der Waals surface area contributed by atoms with Crippen molar-refractivity contribution in [3.8, 4) is 0 Å². The summed E-state index contributed by atoms with van der Waals surface area (Å²) in [5, 5.41) is 28.8. The number of aromatic amines is 1. The monoisotopic (exact) mass is 284 g/mol. The minimum absolute atomic E-state index is 0.279. The van der Waals surface area contributed by atoms with Crippen molar-refractivity contribution in [2.45, 2.75) is 24.5 Å². The van der Waals surface area contributed by atoms with E-state index in [1.165, 1.54) is 17.1 Å². The number of aliphatic hydroxyl groups is 3. The zero-order valence-electron chi connectivity index (χ0n) is 9.67. The number of hydrogen-bond donors (Lipinski definition) is 4. The van der Waals surface area contributed by atoms with Gasteiger partial charge in [-0.2, -0.15) is 0 Å². The first-order valence-corrected chi connectivity index (χ1v) is 6.07. The summed E-state index contributed by atoms with van der Waals surface area (Å²) >= 11 is 4.94. The minimum atomic E-state index is -1.16. The van der Waals surface area contributed by atoms with Gasteiger partial charge in [-0.05, 0) is 12.2 Å². The molecule has 2 aromatic heterocycles. The summed E-state index contributed by atoms with van der Waals surface area (Å²) < 4.78 is 7.23. The molecule has 1 aliphatic heterocycles. The molecule has 3 heterocycles. The van der Waals surface area contributed by atoms with Gasteiger partial charge in [-0.25, -0.2) is 9.97 Å². The number of aliphatic hydroxyl groups excluding tert-OH is 3. The van der Waals surface area contributed by atoms with Crippen LogP contribution in [0.15, 0.2) is 12.5 Å². The second-order valence-electron chi connectivity index (χ2n) is 4.30. The molecule has 0 aromatic carbocycles. The van der Waals surface area contributed by atoms with E-state index < -0.39 is 24.5 Å². The van der Waals surface area contributed by atoms with Crippen molar-refractivity contribution in [2.24, 2.45) is 0 Å². The number of H-pyrrole nitrogens is 1. The Labute approximate surface area is 112 Å². The smallest absolute Gasteiger partial charge is 0.198 e. The predicted octanol–water partition coefficient (Wildman–Crippen LogP) is -0.900. The average molecular weight is 284 g/mol. The van der Waals surface area contributed by atoms with E-state index in [4.69, 9.17) is 22.1 Å². The first-order valence-electron chi connectivity index (χ1n) is 5.66. The molecule has 0 spiro atoms. The Morgan fingerprint density at radius 2 is 2.16 bits per heavy atom. The van der Waals surface area contributed by atoms with Gasteiger partial charge in [0.05, 0.1) is 19.1 Å². The van der Waals surface area contributed by atoms with Crippen molar-refractivity contribution in [3.63, 3.8) is 0 Å². The van der Waals surface area contributed by atoms with Crippen LogP contribution in [-0.4, -0.2) is 59.8 Å². The molecule has 2 aromatic rings. The number of nitrogens with one attached hydrogen (secondary N) is 1. The Morgan fingerprint density at radius 1 is 1.37 bits per heavy atom. The molecule has 0 saturated carbocycles. The Hall–Kier alpha value is -1.39. The molecule has 4 atom stereocenters. The number of rotatable bonds is 2. The van der Waals surface area contributed by atoms with E-state index in [0.29, 0.717) is 11.2 Å². The van der Waals surface area contributed by atoms with Crippen molar-refractivity contribution in [3.05, 3.63) is 17.3 Å². The molecule has 1 aliphatic rings. The van der Waals surface area contributed by atoms with Crippen molar-refractivity contribution in [1.29, 1.82) is 0 Å². The topological polar surface area (TPSA) is 116 Å². The highest BCUT2D eigenvalue weighted by Gasteiger charge is 2.43. The first kappa shape index (κ1) is 12.6. The van der Waals surface area contributed by atoms with Crippen molar-refractivity contribution >= 4 is 23.4 Å². The van der Waals surface area contributed by atoms with Gasteiger partial charge in [0.25, 0.3) is 0 Å². The zero-order chi connectivity index (χ0) is 13.6. The highest BCUT2D eigenvalue weighted by atomic mass is 32.1. The van der Waals surface area contributed by atoms with Gasteiger partial charge in [-0.1, -0.05) is 0 Å². The molecule has 0 bridgehead atoms. The molecule has 0 unspecified atom stereocenters. The van der Waals surface area contributed by atoms with Crippen LogP contribution in [0.2, 0.25) is 0 Å². The average Bonchev–Trinajstić information content (AvgIpc) is 2.92. The maximum absolute atomic E-state index is 9.97. The fraction of sp³-hybridized carbons (Fsp3) is 0.500. The summed E-state index contributed by atoms with van der Waals surface area (Å²) in [4.78, 5) is 10.9. The number of nitrogens with zero attached hydrogens (tertiary/aromatic N) is 3. The number of hydrogen-bond acceptors (Lipinski definition) is 7. The zero-order valence-corrected chi connectivity index (χ0v) is 10.5. The molecular weight excluding hydrogens is 272 g/mol. The van der Waals surface area contributed by atoms with Crippen LogP contribution < -0.4 is 0 Å². The molecule has 0 radical (unpaired) electrons. The van der Waals surface area contributed by atoms with Gasteiger partial charge in [0, 0.05) is 0 Å². The quantitative estimate of drug-likeness (QED) is 0.528. The lowest BCUT2D eigenvalue weighted by Crippen LogP contribution is -2.33. The van der Waals surface area contributed by atoms with E-state index >= 15 is 0 Å². The lowest BCUT2D eigenvalue weighted by Gasteiger charge is -2.16. The molecule has 1 fully saturated rings. The first-order chi connectivity index (χ1) is 9.11. The van der Waals surface area contributed by atoms with Crippen LogP contribution in [0.3, 0.4) is 0 Å². The number of ether oxygens (including phenoxy) is 1. The predicted molar refractivity (Wildman–Crippen MR) is 65.7 cm³/mol. The van der Waals surface area contributed by atoms with E-state index in [-0.39, 0.29) is 11.4 Å². The molecule has 8 nitrogen and oxygen atoms in total. The van der Waals surface area contributed by atoms with Crippen LogP contribution >= 0.6 is 12.2 Å². The molecule has 102 valence electrons. The van der Waals surface area contributed by atoms with Crippen LogP contribution in [0.25, 0.3) is 11.2 Å². The van der Waals surface area contributed by atoms with Crippen LogP contribution in [0.4, 0.5) is 0 Å². The Balaban J connectivity index is 2.05. The van der Waals surface area contributed by atoms with Crippen LogP contribution in [0.1, 0.15) is 6.23 Å². The highest BCUT2D eigenvalue weighted by Crippen LogP contribution is 2.30. The van der Waals surface area contributed by atoms with E-state index in [9.17, 15) is 10.2 Å². The number of fused-ring (bicyclic) bond motifs is 1. The standard InChI is InChI=1S/C10H12N4O4S/c15-2-5-6(16)7(17)9(18-5)14-3-12-4-1-11-10(19)13-8(4)14/h1,3,5-7,9,15-17H,2H2,(H,11,13,19)/t5-,6-,7-,9-/m1/s1. The van der Waals surface area contributed by atoms with E-state index in [1.54, 1.807) is 0 Å². The van der Waals surface area contributed by atoms with E-state index in [0.717, 1.165) is 0 Å². The molecular formula is C10H12N4O4S. The summed E-state index contributed by atoms with van der Waals surface area (Å²) in [6.45, 7) is -0.376. The Bertz CT molecular complexity index is 656. The van der Waals surface area contributed by atoms with Gasteiger partial charge >= 0.3 is 0 Å². The molecule has 4 N–H and O–H groups in total. The lowest BCUT2D eigenvalue weighted by atomic mass is 10.1. The normalized spacial score (nSPS) is 31.1. The maximum Gasteiger partial charge on any atom is 0.198 e. The van der Waals surface area contributed by atoms with Gasteiger partial charge in [-0.15, -0.1) is 0 Å². The molecule has 9 heteroatoms. The van der Waals surface area contributed by atoms with Crippen molar-refractivity contribution in [2.75, 3.05) is 6.61 Å². The second-order valence-corrected chi connectivity index (χ2v) is 4.69. The molecule has 0 aliphatic carbocycles. The summed E-state index contributed by atoms with van der Waals surface area (Å²) in [6.07, 6.45) is -1.03. The van der Waals surface area contributed by atoms with Gasteiger partial charge in [0.15, 0.2) is 11.0 Å². The molecule has 19 heavy (non-hydrogen) atoms. The van der Waals surface area contributed by atoms with Gasteiger partial charge < -0.3 is 25.0 Å². The summed E-state index contributed by atoms with van der Waals surface area (Å²) in [6, 6.07) is 0. The largest absolute Gasteiger partial charge is 0.394 e. The summed E-state index contributed by atoms with van der Waals surface area (Å²) in [5.74, 6) is 0. The number of imidazole rings is 1. The van der Waals surface area contributed by atoms with Crippen LogP contribution in [0.5, 0.6) is 0 Å². The fourth-order valence-electron chi connectivity index (χ4n) is 2.15. The Morgan fingerprint density at radius 3 is 2.84 bits per heavy atom. The lowest BCUT2D eigenvalue weighted by molar-refractivity contribution is -0.0511. The van der Waals surface area contributed by atoms with Gasteiger partial charge in [0.1, 0.15) is 29.5 Å². The summed E-state index contributed by atoms with van der Waals surface area (Å²) in [7, 11) is 0. The maximum atomic E-state index is 9.97. The fourth-order valence-corrected chi connectivity index (χ4v) is 2.30. The van der Waals surface area contributed by atoms with Crippen molar-refractivity contribution < 1.29 is 20.1 Å². The van der Waals surface area contributed by atoms with Crippen LogP contribution in [0, 0.1) is 4.77 Å².